The lowest BCUT2D eigenvalue weighted by Crippen LogP contribution is -2.30. The lowest BCUT2D eigenvalue weighted by Gasteiger charge is -2.14. The van der Waals surface area contributed by atoms with Gasteiger partial charge in [0.25, 0.3) is 0 Å². The monoisotopic (exact) mass is 303 g/mol. The summed E-state index contributed by atoms with van der Waals surface area (Å²) >= 11 is 0. The molecule has 6 nitrogen and oxygen atoms in total. The van der Waals surface area contributed by atoms with E-state index >= 15 is 0 Å². The maximum atomic E-state index is 5.60. The number of methoxy groups -OCH3 is 2. The van der Waals surface area contributed by atoms with Crippen LogP contribution in [0.3, 0.4) is 0 Å². The molecule has 21 heavy (non-hydrogen) atoms. The predicted molar refractivity (Wildman–Crippen MR) is 89.5 cm³/mol. The van der Waals surface area contributed by atoms with Gasteiger partial charge < -0.3 is 25.0 Å². The summed E-state index contributed by atoms with van der Waals surface area (Å²) in [6.07, 6.45) is 5.07. The van der Waals surface area contributed by atoms with Crippen LogP contribution in [0, 0.1) is 0 Å². The lowest BCUT2D eigenvalue weighted by atomic mass is 10.5. The topological polar surface area (TPSA) is 83.0 Å². The predicted octanol–water partition coefficient (Wildman–Crippen LogP) is 1.66. The number of ether oxygens (including phenoxy) is 3. The van der Waals surface area contributed by atoms with Gasteiger partial charge >= 0.3 is 0 Å². The first-order valence-corrected chi connectivity index (χ1v) is 6.74. The lowest BCUT2D eigenvalue weighted by molar-refractivity contribution is 0.139. The van der Waals surface area contributed by atoms with Crippen LogP contribution in [0.2, 0.25) is 0 Å². The molecule has 6 heteroatoms. The zero-order chi connectivity index (χ0) is 16.9. The van der Waals surface area contributed by atoms with Crippen LogP contribution >= 0.6 is 0 Å². The maximum absolute atomic E-state index is 5.60. The molecular formula is C15H33N3O3. The van der Waals surface area contributed by atoms with E-state index in [2.05, 4.69) is 17.9 Å². The molecule has 0 saturated heterocycles. The minimum Gasteiger partial charge on any atom is -0.399 e. The quantitative estimate of drug-likeness (QED) is 0.292. The van der Waals surface area contributed by atoms with Crippen molar-refractivity contribution in [2.45, 2.75) is 13.8 Å². The Morgan fingerprint density at radius 3 is 2.14 bits per heavy atom. The molecule has 126 valence electrons. The molecule has 0 unspecified atom stereocenters. The number of nitrogens with zero attached hydrogens (tertiary/aromatic N) is 1. The van der Waals surface area contributed by atoms with Gasteiger partial charge in [0.15, 0.2) is 0 Å². The van der Waals surface area contributed by atoms with Crippen LogP contribution in [0.25, 0.3) is 0 Å². The van der Waals surface area contributed by atoms with Crippen molar-refractivity contribution in [3.8, 4) is 0 Å². The van der Waals surface area contributed by atoms with Gasteiger partial charge in [0.1, 0.15) is 0 Å². The number of rotatable bonds is 9. The normalized spacial score (nSPS) is 9.67. The number of hydrogen-bond acceptors (Lipinski definition) is 6. The first-order chi connectivity index (χ1) is 10.0. The van der Waals surface area contributed by atoms with Crippen LogP contribution in [0.1, 0.15) is 13.8 Å². The molecule has 0 heterocycles. The standard InChI is InChI=1S/C9H19N3O2.C3H8O.C3H6/c1-3-5-14-6-4-12(11)7-9(10)8-13-2;1-3-4-2;1-3-2/h3,7H,1,4-6,8,10-11H2,2H3;3H2,1-2H3;3H,1H2,2H3/b9-7-;;. The molecule has 0 aromatic rings. The highest BCUT2D eigenvalue weighted by atomic mass is 16.5. The summed E-state index contributed by atoms with van der Waals surface area (Å²) in [6.45, 7) is 13.6. The molecule has 0 atom stereocenters. The van der Waals surface area contributed by atoms with E-state index in [4.69, 9.17) is 21.1 Å². The highest BCUT2D eigenvalue weighted by Crippen LogP contribution is 1.88. The third kappa shape index (κ3) is 32.3. The van der Waals surface area contributed by atoms with Crippen molar-refractivity contribution >= 4 is 0 Å². The Hall–Kier alpha value is -1.34. The maximum Gasteiger partial charge on any atom is 0.0871 e. The van der Waals surface area contributed by atoms with Gasteiger partial charge in [-0.15, -0.1) is 13.2 Å². The molecule has 0 aromatic heterocycles. The molecule has 0 fully saturated rings. The SMILES string of the molecule is C=CC.C=CCOCCN(N)/C=C(\N)COC.CCOC. The molecular weight excluding hydrogens is 270 g/mol. The molecule has 0 saturated carbocycles. The number of hydrazine groups is 1. The van der Waals surface area contributed by atoms with Gasteiger partial charge in [-0.3, -0.25) is 0 Å². The van der Waals surface area contributed by atoms with Crippen molar-refractivity contribution in [3.05, 3.63) is 37.2 Å². The van der Waals surface area contributed by atoms with Crippen molar-refractivity contribution in [2.24, 2.45) is 11.6 Å². The van der Waals surface area contributed by atoms with Crippen molar-refractivity contribution in [2.75, 3.05) is 47.2 Å². The first-order valence-electron chi connectivity index (χ1n) is 6.74. The van der Waals surface area contributed by atoms with E-state index in [1.54, 1.807) is 32.6 Å². The summed E-state index contributed by atoms with van der Waals surface area (Å²) in [5.41, 5.74) is 6.16. The second-order valence-electron chi connectivity index (χ2n) is 3.72. The van der Waals surface area contributed by atoms with Crippen LogP contribution in [0.15, 0.2) is 37.2 Å². The van der Waals surface area contributed by atoms with Crippen LogP contribution < -0.4 is 11.6 Å². The second kappa shape index (κ2) is 23.7. The van der Waals surface area contributed by atoms with Crippen molar-refractivity contribution < 1.29 is 14.2 Å². The molecule has 0 amide bonds. The molecule has 0 bridgehead atoms. The van der Waals surface area contributed by atoms with Gasteiger partial charge in [-0.25, -0.2) is 5.84 Å². The Bertz CT molecular complexity index is 244. The molecule has 0 spiro atoms. The summed E-state index contributed by atoms with van der Waals surface area (Å²) < 4.78 is 14.5. The van der Waals surface area contributed by atoms with E-state index in [9.17, 15) is 0 Å². The third-order valence-corrected chi connectivity index (χ3v) is 1.66. The van der Waals surface area contributed by atoms with E-state index in [-0.39, 0.29) is 0 Å². The third-order valence-electron chi connectivity index (χ3n) is 1.66. The van der Waals surface area contributed by atoms with Crippen LogP contribution in [-0.4, -0.2) is 52.2 Å². The zero-order valence-corrected chi connectivity index (χ0v) is 14.0. The van der Waals surface area contributed by atoms with Crippen molar-refractivity contribution in [3.63, 3.8) is 0 Å². The fraction of sp³-hybridized carbons (Fsp3) is 0.600. The van der Waals surface area contributed by atoms with Crippen molar-refractivity contribution in [1.29, 1.82) is 0 Å². The number of allylic oxidation sites excluding steroid dienone is 1. The minimum atomic E-state index is 0.376. The molecule has 0 aliphatic heterocycles. The van der Waals surface area contributed by atoms with Gasteiger partial charge in [-0.2, -0.15) is 0 Å². The fourth-order valence-electron chi connectivity index (χ4n) is 0.818. The van der Waals surface area contributed by atoms with E-state index in [0.29, 0.717) is 32.1 Å². The highest BCUT2D eigenvalue weighted by molar-refractivity contribution is 4.94. The number of nitrogens with two attached hydrogens (primary N) is 2. The zero-order valence-electron chi connectivity index (χ0n) is 14.0. The Labute approximate surface area is 130 Å². The summed E-state index contributed by atoms with van der Waals surface area (Å²) in [6, 6.07) is 0. The van der Waals surface area contributed by atoms with E-state index in [0.717, 1.165) is 6.61 Å². The van der Waals surface area contributed by atoms with Crippen LogP contribution in [0.5, 0.6) is 0 Å². The first kappa shape index (κ1) is 24.7. The summed E-state index contributed by atoms with van der Waals surface area (Å²) in [7, 11) is 3.26. The summed E-state index contributed by atoms with van der Waals surface area (Å²) in [5.74, 6) is 5.60. The van der Waals surface area contributed by atoms with E-state index in [1.165, 1.54) is 5.01 Å². The Balaban J connectivity index is -0.000000386. The van der Waals surface area contributed by atoms with Gasteiger partial charge in [0.05, 0.1) is 32.1 Å². The largest absolute Gasteiger partial charge is 0.399 e. The van der Waals surface area contributed by atoms with Gasteiger partial charge in [0.2, 0.25) is 0 Å². The Morgan fingerprint density at radius 2 is 1.76 bits per heavy atom. The second-order valence-corrected chi connectivity index (χ2v) is 3.72. The minimum absolute atomic E-state index is 0.376. The van der Waals surface area contributed by atoms with E-state index < -0.39 is 0 Å². The summed E-state index contributed by atoms with van der Waals surface area (Å²) in [4.78, 5) is 0. The average Bonchev–Trinajstić information content (AvgIpc) is 2.45. The molecule has 4 N–H and O–H groups in total. The van der Waals surface area contributed by atoms with Gasteiger partial charge in [-0.05, 0) is 13.8 Å². The van der Waals surface area contributed by atoms with Crippen molar-refractivity contribution in [1.82, 2.24) is 5.01 Å². The smallest absolute Gasteiger partial charge is 0.0871 e. The molecule has 0 rings (SSSR count). The van der Waals surface area contributed by atoms with E-state index in [1.807, 2.05) is 13.8 Å². The fourth-order valence-corrected chi connectivity index (χ4v) is 0.818. The Morgan fingerprint density at radius 1 is 1.24 bits per heavy atom. The molecule has 0 radical (unpaired) electrons. The van der Waals surface area contributed by atoms with Crippen LogP contribution in [0.4, 0.5) is 0 Å². The number of hydrogen-bond donors (Lipinski definition) is 2. The molecule has 0 aliphatic carbocycles. The molecule has 0 aromatic carbocycles. The Kier molecular flexibility index (Phi) is 27.9. The van der Waals surface area contributed by atoms with Crippen LogP contribution in [-0.2, 0) is 14.2 Å². The highest BCUT2D eigenvalue weighted by Gasteiger charge is 1.95. The average molecular weight is 303 g/mol. The molecule has 0 aliphatic rings. The van der Waals surface area contributed by atoms with Gasteiger partial charge in [0, 0.05) is 27.0 Å². The summed E-state index contributed by atoms with van der Waals surface area (Å²) in [5, 5.41) is 1.47. The van der Waals surface area contributed by atoms with Gasteiger partial charge in [-0.1, -0.05) is 12.2 Å².